The molecule has 0 aliphatic heterocycles. The normalized spacial score (nSPS) is 10.4. The van der Waals surface area contributed by atoms with Gasteiger partial charge in [0.05, 0.1) is 17.8 Å². The van der Waals surface area contributed by atoms with Gasteiger partial charge in [0.2, 0.25) is 0 Å². The molecule has 0 atom stereocenters. The third-order valence-electron chi connectivity index (χ3n) is 3.70. The maximum absolute atomic E-state index is 12.5. The fourth-order valence-electron chi connectivity index (χ4n) is 2.39. The zero-order valence-electron chi connectivity index (χ0n) is 14.3. The van der Waals surface area contributed by atoms with E-state index in [1.165, 1.54) is 0 Å². The summed E-state index contributed by atoms with van der Waals surface area (Å²) in [6.45, 7) is 2.49. The van der Waals surface area contributed by atoms with Gasteiger partial charge in [-0.25, -0.2) is 9.97 Å². The van der Waals surface area contributed by atoms with Crippen molar-refractivity contribution in [1.29, 1.82) is 0 Å². The number of amides is 1. The number of nitrogens with zero attached hydrogens (tertiary/aromatic N) is 2. The Bertz CT molecular complexity index is 898. The van der Waals surface area contributed by atoms with Crippen LogP contribution in [0.4, 0.5) is 0 Å². The van der Waals surface area contributed by atoms with Gasteiger partial charge in [-0.05, 0) is 42.8 Å². The zero-order chi connectivity index (χ0) is 18.4. The van der Waals surface area contributed by atoms with Gasteiger partial charge < -0.3 is 10.1 Å². The molecule has 1 amide bonds. The SMILES string of the molecule is Cc1nccc(CNC(=O)c2ccccc2OCc2ccc(Cl)cc2)n1. The molecule has 1 N–H and O–H groups in total. The lowest BCUT2D eigenvalue weighted by atomic mass is 10.2. The van der Waals surface area contributed by atoms with Crippen molar-refractivity contribution in [2.75, 3.05) is 0 Å². The summed E-state index contributed by atoms with van der Waals surface area (Å²) >= 11 is 5.89. The second kappa shape index (κ2) is 8.45. The Labute approximate surface area is 157 Å². The van der Waals surface area contributed by atoms with Crippen LogP contribution in [-0.4, -0.2) is 15.9 Å². The van der Waals surface area contributed by atoms with Crippen LogP contribution in [0.15, 0.2) is 60.8 Å². The van der Waals surface area contributed by atoms with E-state index < -0.39 is 0 Å². The number of benzene rings is 2. The van der Waals surface area contributed by atoms with Crippen molar-refractivity contribution in [3.63, 3.8) is 0 Å². The number of aryl methyl sites for hydroxylation is 1. The highest BCUT2D eigenvalue weighted by Crippen LogP contribution is 2.20. The minimum atomic E-state index is -0.215. The van der Waals surface area contributed by atoms with Crippen molar-refractivity contribution in [2.24, 2.45) is 0 Å². The van der Waals surface area contributed by atoms with Crippen molar-refractivity contribution in [3.8, 4) is 5.75 Å². The topological polar surface area (TPSA) is 64.1 Å². The molecule has 5 nitrogen and oxygen atoms in total. The summed E-state index contributed by atoms with van der Waals surface area (Å²) in [5, 5.41) is 3.54. The van der Waals surface area contributed by atoms with E-state index >= 15 is 0 Å². The lowest BCUT2D eigenvalue weighted by Crippen LogP contribution is -2.24. The first-order valence-corrected chi connectivity index (χ1v) is 8.52. The van der Waals surface area contributed by atoms with Gasteiger partial charge in [0.1, 0.15) is 18.2 Å². The summed E-state index contributed by atoms with van der Waals surface area (Å²) in [6.07, 6.45) is 1.67. The van der Waals surface area contributed by atoms with Crippen molar-refractivity contribution in [3.05, 3.63) is 88.5 Å². The number of rotatable bonds is 6. The number of para-hydroxylation sites is 1. The molecule has 0 radical (unpaired) electrons. The highest BCUT2D eigenvalue weighted by molar-refractivity contribution is 6.30. The van der Waals surface area contributed by atoms with E-state index in [1.54, 1.807) is 30.5 Å². The summed E-state index contributed by atoms with van der Waals surface area (Å²) in [5.41, 5.74) is 2.21. The highest BCUT2D eigenvalue weighted by atomic mass is 35.5. The van der Waals surface area contributed by atoms with Crippen LogP contribution in [0.25, 0.3) is 0 Å². The van der Waals surface area contributed by atoms with Crippen LogP contribution in [-0.2, 0) is 13.2 Å². The molecule has 0 saturated heterocycles. The maximum Gasteiger partial charge on any atom is 0.255 e. The molecule has 3 aromatic rings. The molecular weight excluding hydrogens is 350 g/mol. The van der Waals surface area contributed by atoms with E-state index in [2.05, 4.69) is 15.3 Å². The van der Waals surface area contributed by atoms with E-state index in [0.717, 1.165) is 11.3 Å². The van der Waals surface area contributed by atoms with Crippen LogP contribution in [0.1, 0.15) is 27.4 Å². The largest absolute Gasteiger partial charge is 0.488 e. The molecule has 3 rings (SSSR count). The Morgan fingerprint density at radius 3 is 2.65 bits per heavy atom. The Balaban J connectivity index is 1.65. The predicted molar refractivity (Wildman–Crippen MR) is 100 cm³/mol. The number of carbonyl (C=O) groups is 1. The van der Waals surface area contributed by atoms with Gasteiger partial charge in [-0.2, -0.15) is 0 Å². The molecule has 0 aliphatic rings. The molecule has 0 unspecified atom stereocenters. The van der Waals surface area contributed by atoms with E-state index in [1.807, 2.05) is 37.3 Å². The summed E-state index contributed by atoms with van der Waals surface area (Å²) in [6, 6.07) is 16.3. The van der Waals surface area contributed by atoms with E-state index in [-0.39, 0.29) is 5.91 Å². The van der Waals surface area contributed by atoms with Gasteiger partial charge in [-0.15, -0.1) is 0 Å². The summed E-state index contributed by atoms with van der Waals surface area (Å²) in [4.78, 5) is 20.8. The molecule has 0 aliphatic carbocycles. The first kappa shape index (κ1) is 17.9. The van der Waals surface area contributed by atoms with E-state index in [4.69, 9.17) is 16.3 Å². The summed E-state index contributed by atoms with van der Waals surface area (Å²) < 4.78 is 5.83. The second-order valence-electron chi connectivity index (χ2n) is 5.69. The number of hydrogen-bond donors (Lipinski definition) is 1. The van der Waals surface area contributed by atoms with E-state index in [9.17, 15) is 4.79 Å². The molecule has 0 saturated carbocycles. The first-order chi connectivity index (χ1) is 12.6. The smallest absolute Gasteiger partial charge is 0.255 e. The monoisotopic (exact) mass is 367 g/mol. The molecule has 1 aromatic heterocycles. The molecule has 1 heterocycles. The fraction of sp³-hybridized carbons (Fsp3) is 0.150. The summed E-state index contributed by atoms with van der Waals surface area (Å²) in [7, 11) is 0. The first-order valence-electron chi connectivity index (χ1n) is 8.15. The van der Waals surface area contributed by atoms with E-state index in [0.29, 0.717) is 35.3 Å². The minimum Gasteiger partial charge on any atom is -0.488 e. The quantitative estimate of drug-likeness (QED) is 0.716. The Hall–Kier alpha value is -2.92. The van der Waals surface area contributed by atoms with Gasteiger partial charge in [0.25, 0.3) is 5.91 Å². The lowest BCUT2D eigenvalue weighted by molar-refractivity contribution is 0.0946. The molecule has 0 fully saturated rings. The molecular formula is C20H18ClN3O2. The molecule has 26 heavy (non-hydrogen) atoms. The summed E-state index contributed by atoms with van der Waals surface area (Å²) in [5.74, 6) is 0.982. The van der Waals surface area contributed by atoms with Crippen LogP contribution in [0.2, 0.25) is 5.02 Å². The predicted octanol–water partition coefficient (Wildman–Crippen LogP) is 3.95. The second-order valence-corrected chi connectivity index (χ2v) is 6.13. The lowest BCUT2D eigenvalue weighted by Gasteiger charge is -2.12. The van der Waals surface area contributed by atoms with Crippen LogP contribution in [0.5, 0.6) is 5.75 Å². The molecule has 0 bridgehead atoms. The van der Waals surface area contributed by atoms with Gasteiger partial charge in [-0.1, -0.05) is 35.9 Å². The van der Waals surface area contributed by atoms with Crippen molar-refractivity contribution in [1.82, 2.24) is 15.3 Å². The number of halogens is 1. The Morgan fingerprint density at radius 1 is 1.12 bits per heavy atom. The van der Waals surface area contributed by atoms with Crippen LogP contribution >= 0.6 is 11.6 Å². The average molecular weight is 368 g/mol. The number of carbonyl (C=O) groups excluding carboxylic acids is 1. The number of aromatic nitrogens is 2. The molecule has 6 heteroatoms. The number of ether oxygens (including phenoxy) is 1. The van der Waals surface area contributed by atoms with Gasteiger partial charge >= 0.3 is 0 Å². The molecule has 132 valence electrons. The maximum atomic E-state index is 12.5. The number of hydrogen-bond acceptors (Lipinski definition) is 4. The van der Waals surface area contributed by atoms with Crippen LogP contribution < -0.4 is 10.1 Å². The standard InChI is InChI=1S/C20H18ClN3O2/c1-14-22-11-10-17(24-14)12-23-20(25)18-4-2-3-5-19(18)26-13-15-6-8-16(21)9-7-15/h2-11H,12-13H2,1H3,(H,23,25). The zero-order valence-corrected chi connectivity index (χ0v) is 15.0. The third-order valence-corrected chi connectivity index (χ3v) is 3.96. The fourth-order valence-corrected chi connectivity index (χ4v) is 2.52. The van der Waals surface area contributed by atoms with Gasteiger partial charge in [-0.3, -0.25) is 4.79 Å². The van der Waals surface area contributed by atoms with Crippen LogP contribution in [0, 0.1) is 6.92 Å². The van der Waals surface area contributed by atoms with Crippen molar-refractivity contribution in [2.45, 2.75) is 20.1 Å². The van der Waals surface area contributed by atoms with Gasteiger partial charge in [0, 0.05) is 11.2 Å². The highest BCUT2D eigenvalue weighted by Gasteiger charge is 2.12. The number of nitrogens with one attached hydrogen (secondary N) is 1. The molecule has 2 aromatic carbocycles. The average Bonchev–Trinajstić information content (AvgIpc) is 2.66. The molecule has 0 spiro atoms. The van der Waals surface area contributed by atoms with Crippen LogP contribution in [0.3, 0.4) is 0 Å². The third kappa shape index (κ3) is 4.80. The van der Waals surface area contributed by atoms with Gasteiger partial charge in [0.15, 0.2) is 0 Å². The Morgan fingerprint density at radius 2 is 1.88 bits per heavy atom. The Kier molecular flexibility index (Phi) is 5.81. The van der Waals surface area contributed by atoms with Crippen molar-refractivity contribution < 1.29 is 9.53 Å². The minimum absolute atomic E-state index is 0.215. The van der Waals surface area contributed by atoms with Crippen molar-refractivity contribution >= 4 is 17.5 Å².